The van der Waals surface area contributed by atoms with Gasteiger partial charge in [0.2, 0.25) is 0 Å². The van der Waals surface area contributed by atoms with E-state index in [-0.39, 0.29) is 0 Å². The zero-order valence-electron chi connectivity index (χ0n) is 9.83. The molecule has 0 heterocycles. The van der Waals surface area contributed by atoms with Crippen molar-refractivity contribution in [2.24, 2.45) is 0 Å². The number of hydrogen-bond acceptors (Lipinski definition) is 1. The van der Waals surface area contributed by atoms with Gasteiger partial charge in [-0.15, -0.1) is 0 Å². The summed E-state index contributed by atoms with van der Waals surface area (Å²) in [6, 6.07) is 14.8. The number of anilines is 1. The molecule has 0 bridgehead atoms. The molecule has 0 aliphatic rings. The second-order valence-electron chi connectivity index (χ2n) is 4.12. The summed E-state index contributed by atoms with van der Waals surface area (Å²) in [6.45, 7) is 4.27. The minimum absolute atomic E-state index is 0.825. The third-order valence-electron chi connectivity index (χ3n) is 2.92. The molecule has 0 aliphatic heterocycles. The highest BCUT2D eigenvalue weighted by Crippen LogP contribution is 2.25. The van der Waals surface area contributed by atoms with E-state index in [2.05, 4.69) is 44.2 Å². The molecule has 2 N–H and O–H groups in total. The van der Waals surface area contributed by atoms with Crippen LogP contribution in [0.25, 0.3) is 11.1 Å². The Hall–Kier alpha value is -1.76. The van der Waals surface area contributed by atoms with Gasteiger partial charge in [-0.05, 0) is 47.7 Å². The van der Waals surface area contributed by atoms with E-state index in [1.54, 1.807) is 0 Å². The van der Waals surface area contributed by atoms with Crippen molar-refractivity contribution < 1.29 is 0 Å². The van der Waals surface area contributed by atoms with E-state index in [9.17, 15) is 0 Å². The highest BCUT2D eigenvalue weighted by molar-refractivity contribution is 5.69. The summed E-state index contributed by atoms with van der Waals surface area (Å²) in [5.74, 6) is 0. The fourth-order valence-electron chi connectivity index (χ4n) is 1.93. The minimum atomic E-state index is 0.825. The summed E-state index contributed by atoms with van der Waals surface area (Å²) in [4.78, 5) is 0. The topological polar surface area (TPSA) is 26.0 Å². The molecular formula is C15H17N. The van der Waals surface area contributed by atoms with Gasteiger partial charge in [-0.2, -0.15) is 0 Å². The molecule has 0 saturated carbocycles. The van der Waals surface area contributed by atoms with Gasteiger partial charge in [-0.25, -0.2) is 0 Å². The van der Waals surface area contributed by atoms with Crippen LogP contribution in [-0.2, 0) is 6.42 Å². The molecule has 0 radical (unpaired) electrons. The molecule has 0 unspecified atom stereocenters. The smallest absolute Gasteiger partial charge is 0.0317 e. The molecule has 2 rings (SSSR count). The van der Waals surface area contributed by atoms with Crippen molar-refractivity contribution in [3.8, 4) is 11.1 Å². The summed E-state index contributed by atoms with van der Waals surface area (Å²) in [5.41, 5.74) is 11.7. The van der Waals surface area contributed by atoms with Crippen molar-refractivity contribution in [1.82, 2.24) is 0 Å². The Kier molecular flexibility index (Phi) is 2.95. The van der Waals surface area contributed by atoms with Gasteiger partial charge in [0.25, 0.3) is 0 Å². The van der Waals surface area contributed by atoms with Crippen LogP contribution in [0.5, 0.6) is 0 Å². The van der Waals surface area contributed by atoms with Crippen LogP contribution < -0.4 is 5.73 Å². The summed E-state index contributed by atoms with van der Waals surface area (Å²) in [6.07, 6.45) is 1.08. The average Bonchev–Trinajstić information content (AvgIpc) is 2.29. The molecule has 2 aromatic carbocycles. The summed E-state index contributed by atoms with van der Waals surface area (Å²) in [7, 11) is 0. The van der Waals surface area contributed by atoms with Gasteiger partial charge in [0.15, 0.2) is 0 Å². The zero-order valence-corrected chi connectivity index (χ0v) is 9.83. The van der Waals surface area contributed by atoms with Crippen LogP contribution in [0.15, 0.2) is 42.5 Å². The fourth-order valence-corrected chi connectivity index (χ4v) is 1.93. The van der Waals surface area contributed by atoms with Crippen molar-refractivity contribution in [2.75, 3.05) is 5.73 Å². The Morgan fingerprint density at radius 3 is 2.25 bits per heavy atom. The first-order valence-electron chi connectivity index (χ1n) is 5.66. The lowest BCUT2D eigenvalue weighted by molar-refractivity contribution is 1.14. The molecular weight excluding hydrogens is 194 g/mol. The van der Waals surface area contributed by atoms with Crippen LogP contribution in [-0.4, -0.2) is 0 Å². The number of aryl methyl sites for hydroxylation is 2. The third-order valence-corrected chi connectivity index (χ3v) is 2.92. The van der Waals surface area contributed by atoms with E-state index in [1.807, 2.05) is 12.1 Å². The molecule has 1 nitrogen and oxygen atoms in total. The second kappa shape index (κ2) is 4.40. The number of nitrogen functional groups attached to an aromatic ring is 1. The normalized spacial score (nSPS) is 10.4. The van der Waals surface area contributed by atoms with Crippen LogP contribution in [0.4, 0.5) is 5.69 Å². The number of benzene rings is 2. The number of nitrogens with two attached hydrogens (primary N) is 1. The maximum absolute atomic E-state index is 5.75. The lowest BCUT2D eigenvalue weighted by Crippen LogP contribution is -1.89. The second-order valence-corrected chi connectivity index (χ2v) is 4.12. The van der Waals surface area contributed by atoms with Crippen LogP contribution in [0, 0.1) is 6.92 Å². The van der Waals surface area contributed by atoms with Crippen molar-refractivity contribution in [1.29, 1.82) is 0 Å². The van der Waals surface area contributed by atoms with Crippen molar-refractivity contribution in [2.45, 2.75) is 20.3 Å². The molecule has 0 saturated heterocycles. The fraction of sp³-hybridized carbons (Fsp3) is 0.200. The van der Waals surface area contributed by atoms with E-state index >= 15 is 0 Å². The first-order chi connectivity index (χ1) is 7.70. The highest BCUT2D eigenvalue weighted by Gasteiger charge is 2.01. The maximum Gasteiger partial charge on any atom is 0.0317 e. The molecule has 0 fully saturated rings. The lowest BCUT2D eigenvalue weighted by atomic mass is 9.99. The van der Waals surface area contributed by atoms with E-state index < -0.39 is 0 Å². The van der Waals surface area contributed by atoms with Crippen LogP contribution >= 0.6 is 0 Å². The SMILES string of the molecule is CCc1ccc(-c2ccc(N)cc2C)cc1. The quantitative estimate of drug-likeness (QED) is 0.751. The van der Waals surface area contributed by atoms with Gasteiger partial charge in [-0.1, -0.05) is 37.3 Å². The molecule has 16 heavy (non-hydrogen) atoms. The van der Waals surface area contributed by atoms with E-state index in [4.69, 9.17) is 5.73 Å². The van der Waals surface area contributed by atoms with Gasteiger partial charge in [-0.3, -0.25) is 0 Å². The van der Waals surface area contributed by atoms with Gasteiger partial charge in [0.1, 0.15) is 0 Å². The number of hydrogen-bond donors (Lipinski definition) is 1. The Bertz CT molecular complexity index is 483. The Balaban J connectivity index is 2.42. The predicted molar refractivity (Wildman–Crippen MR) is 70.4 cm³/mol. The van der Waals surface area contributed by atoms with Crippen LogP contribution in [0.3, 0.4) is 0 Å². The first-order valence-corrected chi connectivity index (χ1v) is 5.66. The monoisotopic (exact) mass is 211 g/mol. The number of rotatable bonds is 2. The molecule has 0 amide bonds. The molecule has 0 spiro atoms. The standard InChI is InChI=1S/C15H17N/c1-3-12-4-6-13(7-5-12)15-9-8-14(16)10-11(15)2/h4-10H,3,16H2,1-2H3. The zero-order chi connectivity index (χ0) is 11.5. The summed E-state index contributed by atoms with van der Waals surface area (Å²) >= 11 is 0. The largest absolute Gasteiger partial charge is 0.399 e. The van der Waals surface area contributed by atoms with Gasteiger partial charge < -0.3 is 5.73 Å². The van der Waals surface area contributed by atoms with Gasteiger partial charge in [0, 0.05) is 5.69 Å². The van der Waals surface area contributed by atoms with Crippen molar-refractivity contribution in [3.05, 3.63) is 53.6 Å². The molecule has 1 heteroatoms. The van der Waals surface area contributed by atoms with E-state index in [0.717, 1.165) is 12.1 Å². The van der Waals surface area contributed by atoms with E-state index in [1.165, 1.54) is 22.3 Å². The molecule has 0 aliphatic carbocycles. The molecule has 2 aromatic rings. The average molecular weight is 211 g/mol. The lowest BCUT2D eigenvalue weighted by Gasteiger charge is -2.07. The maximum atomic E-state index is 5.75. The van der Waals surface area contributed by atoms with Crippen LogP contribution in [0.1, 0.15) is 18.1 Å². The van der Waals surface area contributed by atoms with E-state index in [0.29, 0.717) is 0 Å². The Labute approximate surface area is 96.9 Å². The first kappa shape index (κ1) is 10.7. The predicted octanol–water partition coefficient (Wildman–Crippen LogP) is 3.81. The van der Waals surface area contributed by atoms with Crippen molar-refractivity contribution in [3.63, 3.8) is 0 Å². The third kappa shape index (κ3) is 2.08. The Morgan fingerprint density at radius 2 is 1.69 bits per heavy atom. The Morgan fingerprint density at radius 1 is 1.00 bits per heavy atom. The van der Waals surface area contributed by atoms with Crippen LogP contribution in [0.2, 0.25) is 0 Å². The van der Waals surface area contributed by atoms with Crippen molar-refractivity contribution >= 4 is 5.69 Å². The molecule has 0 aromatic heterocycles. The summed E-state index contributed by atoms with van der Waals surface area (Å²) in [5, 5.41) is 0. The van der Waals surface area contributed by atoms with Gasteiger partial charge in [0.05, 0.1) is 0 Å². The summed E-state index contributed by atoms with van der Waals surface area (Å²) < 4.78 is 0. The minimum Gasteiger partial charge on any atom is -0.399 e. The highest BCUT2D eigenvalue weighted by atomic mass is 14.5. The van der Waals surface area contributed by atoms with Gasteiger partial charge >= 0.3 is 0 Å². The molecule has 0 atom stereocenters. The molecule has 82 valence electrons.